The molecular weight excluding hydrogens is 483 g/mol. The van der Waals surface area contributed by atoms with Gasteiger partial charge < -0.3 is 30.9 Å². The number of aliphatic carboxylic acids is 3. The smallest absolute Gasteiger partial charge is 0.326 e. The minimum Gasteiger partial charge on any atom is -0.481 e. The zero-order chi connectivity index (χ0) is 26.7. The molecule has 0 radical (unpaired) electrons. The Morgan fingerprint density at radius 3 is 2.50 bits per heavy atom. The summed E-state index contributed by atoms with van der Waals surface area (Å²) in [7, 11) is 0. The number of carbonyl (C=O) groups is 5. The quantitative estimate of drug-likeness (QED) is 0.198. The average molecular weight is 515 g/mol. The Labute approximate surface area is 205 Å². The van der Waals surface area contributed by atoms with Crippen LogP contribution in [-0.2, 0) is 32.1 Å². The van der Waals surface area contributed by atoms with Crippen LogP contribution in [0.1, 0.15) is 50.6 Å². The molecule has 14 nitrogen and oxygen atoms in total. The van der Waals surface area contributed by atoms with Gasteiger partial charge in [0.1, 0.15) is 12.1 Å². The number of nitrogens with zero attached hydrogens (tertiary/aromatic N) is 4. The predicted octanol–water partition coefficient (Wildman–Crippen LogP) is 0.0218. The second-order valence-corrected chi connectivity index (χ2v) is 8.50. The molecule has 200 valence electrons. The summed E-state index contributed by atoms with van der Waals surface area (Å²) in [6, 6.07) is -4.37. The van der Waals surface area contributed by atoms with E-state index in [1.165, 1.54) is 0 Å². The van der Waals surface area contributed by atoms with Gasteiger partial charge in [0, 0.05) is 44.6 Å². The van der Waals surface area contributed by atoms with Gasteiger partial charge in [-0.15, -0.1) is 5.10 Å². The second kappa shape index (κ2) is 13.9. The van der Waals surface area contributed by atoms with Crippen molar-refractivity contribution in [1.82, 2.24) is 30.5 Å². The van der Waals surface area contributed by atoms with Crippen molar-refractivity contribution in [3.8, 4) is 0 Å². The first-order valence-corrected chi connectivity index (χ1v) is 11.6. The van der Waals surface area contributed by atoms with E-state index in [1.54, 1.807) is 10.9 Å². The van der Waals surface area contributed by atoms with Crippen LogP contribution >= 0.6 is 0 Å². The maximum atomic E-state index is 12.6. The van der Waals surface area contributed by atoms with Gasteiger partial charge in [-0.1, -0.05) is 5.21 Å². The van der Waals surface area contributed by atoms with Crippen molar-refractivity contribution in [1.29, 1.82) is 0 Å². The molecule has 1 aliphatic rings. The van der Waals surface area contributed by atoms with Gasteiger partial charge in [0.15, 0.2) is 0 Å². The summed E-state index contributed by atoms with van der Waals surface area (Å²) in [4.78, 5) is 59.5. The van der Waals surface area contributed by atoms with E-state index in [-0.39, 0.29) is 31.7 Å². The Bertz CT molecular complexity index is 941. The van der Waals surface area contributed by atoms with Crippen LogP contribution < -0.4 is 10.6 Å². The molecule has 0 saturated carbocycles. The van der Waals surface area contributed by atoms with Crippen LogP contribution in [0.4, 0.5) is 9.18 Å². The Morgan fingerprint density at radius 2 is 1.86 bits per heavy atom. The number of amides is 3. The maximum Gasteiger partial charge on any atom is 0.326 e. The van der Waals surface area contributed by atoms with Crippen LogP contribution in [0, 0.1) is 0 Å². The van der Waals surface area contributed by atoms with Crippen molar-refractivity contribution in [3.05, 3.63) is 11.9 Å². The number of carbonyl (C=O) groups excluding carboxylic acids is 2. The van der Waals surface area contributed by atoms with E-state index in [2.05, 4.69) is 20.9 Å². The Balaban J connectivity index is 1.80. The van der Waals surface area contributed by atoms with Crippen LogP contribution in [-0.4, -0.2) is 96.4 Å². The van der Waals surface area contributed by atoms with Gasteiger partial charge in [-0.2, -0.15) is 0 Å². The molecular formula is C21H31FN6O8. The molecule has 15 heteroatoms. The van der Waals surface area contributed by atoms with Gasteiger partial charge in [-0.05, 0) is 32.1 Å². The average Bonchev–Trinajstić information content (AvgIpc) is 3.44. The minimum absolute atomic E-state index is 0.0536. The molecule has 1 aromatic rings. The van der Waals surface area contributed by atoms with E-state index in [9.17, 15) is 38.6 Å². The number of aromatic nitrogens is 3. The highest BCUT2D eigenvalue weighted by atomic mass is 19.1. The molecule has 2 unspecified atom stereocenters. The van der Waals surface area contributed by atoms with Crippen molar-refractivity contribution in [2.45, 2.75) is 76.0 Å². The van der Waals surface area contributed by atoms with E-state index in [0.717, 1.165) is 4.90 Å². The second-order valence-electron chi connectivity index (χ2n) is 8.50. The Morgan fingerprint density at radius 1 is 1.11 bits per heavy atom. The van der Waals surface area contributed by atoms with Crippen molar-refractivity contribution < 1.29 is 43.7 Å². The zero-order valence-electron chi connectivity index (χ0n) is 19.6. The zero-order valence-corrected chi connectivity index (χ0v) is 19.6. The number of likely N-dealkylation sites (tertiary alicyclic amines) is 1. The van der Waals surface area contributed by atoms with E-state index in [0.29, 0.717) is 37.9 Å². The Hall–Kier alpha value is -3.78. The number of unbranched alkanes of at least 4 members (excludes halogenated alkanes) is 1. The summed E-state index contributed by atoms with van der Waals surface area (Å²) >= 11 is 0. The number of hydrogen-bond acceptors (Lipinski definition) is 7. The fraction of sp³-hybridized carbons (Fsp3) is 0.667. The molecule has 1 aromatic heterocycles. The third kappa shape index (κ3) is 9.11. The monoisotopic (exact) mass is 514 g/mol. The van der Waals surface area contributed by atoms with E-state index >= 15 is 0 Å². The Kier molecular flexibility index (Phi) is 11.0. The molecule has 1 saturated heterocycles. The number of hydrogen-bond donors (Lipinski definition) is 5. The highest BCUT2D eigenvalue weighted by Crippen LogP contribution is 2.19. The highest BCUT2D eigenvalue weighted by Gasteiger charge is 2.41. The topological polar surface area (TPSA) is 204 Å². The highest BCUT2D eigenvalue weighted by molar-refractivity contribution is 5.87. The van der Waals surface area contributed by atoms with E-state index in [1.807, 2.05) is 0 Å². The van der Waals surface area contributed by atoms with Crippen molar-refractivity contribution in [2.75, 3.05) is 13.2 Å². The molecule has 2 heterocycles. The molecule has 0 aromatic carbocycles. The van der Waals surface area contributed by atoms with Crippen LogP contribution in [0.15, 0.2) is 6.20 Å². The van der Waals surface area contributed by atoms with Crippen LogP contribution in [0.5, 0.6) is 0 Å². The first kappa shape index (κ1) is 28.5. The molecule has 3 amide bonds. The predicted molar refractivity (Wildman–Crippen MR) is 120 cm³/mol. The lowest BCUT2D eigenvalue weighted by molar-refractivity contribution is -0.141. The van der Waals surface area contributed by atoms with E-state index < -0.39 is 55.2 Å². The lowest BCUT2D eigenvalue weighted by Gasteiger charge is -2.24. The molecule has 1 fully saturated rings. The van der Waals surface area contributed by atoms with Crippen LogP contribution in [0.2, 0.25) is 0 Å². The van der Waals surface area contributed by atoms with Gasteiger partial charge >= 0.3 is 23.9 Å². The van der Waals surface area contributed by atoms with Gasteiger partial charge in [-0.3, -0.25) is 18.7 Å². The van der Waals surface area contributed by atoms with Crippen molar-refractivity contribution in [2.24, 2.45) is 0 Å². The SMILES string of the molecule is O=C(O)CCC(NC(=O)N1CC(NC(=O)CCCCn2cc(CCCF)nn2)C[C@H]1C(=O)O)C(=O)O. The number of aryl methyl sites for hydroxylation is 2. The summed E-state index contributed by atoms with van der Waals surface area (Å²) in [5, 5.41) is 40.2. The maximum absolute atomic E-state index is 12.6. The molecule has 1 aliphatic heterocycles. The van der Waals surface area contributed by atoms with Gasteiger partial charge in [0.2, 0.25) is 5.91 Å². The van der Waals surface area contributed by atoms with Crippen LogP contribution in [0.3, 0.4) is 0 Å². The van der Waals surface area contributed by atoms with Crippen LogP contribution in [0.25, 0.3) is 0 Å². The standard InChI is InChI=1S/C21H31FN6O8/c22-8-3-4-13-11-27(26-25-13)9-2-1-5-17(29)23-14-10-16(20(34)35)28(12-14)21(36)24-15(19(32)33)6-7-18(30)31/h11,14-16H,1-10,12H2,(H,23,29)(H,24,36)(H,30,31)(H,32,33)(H,34,35)/t14?,15?,16-/m0/s1. The number of halogens is 1. The first-order valence-electron chi connectivity index (χ1n) is 11.6. The summed E-state index contributed by atoms with van der Waals surface area (Å²) in [6.07, 6.45) is 3.03. The largest absolute Gasteiger partial charge is 0.481 e. The van der Waals surface area contributed by atoms with Crippen molar-refractivity contribution >= 4 is 29.8 Å². The number of urea groups is 1. The molecule has 0 bridgehead atoms. The van der Waals surface area contributed by atoms with Gasteiger partial charge in [0.05, 0.1) is 12.4 Å². The normalized spacial score (nSPS) is 18.0. The molecule has 0 aliphatic carbocycles. The fourth-order valence-electron chi connectivity index (χ4n) is 3.83. The summed E-state index contributed by atoms with van der Waals surface area (Å²) in [5.41, 5.74) is 0.699. The third-order valence-electron chi connectivity index (χ3n) is 5.65. The van der Waals surface area contributed by atoms with E-state index in [4.69, 9.17) is 5.11 Å². The van der Waals surface area contributed by atoms with Crippen molar-refractivity contribution in [3.63, 3.8) is 0 Å². The minimum atomic E-state index is -1.50. The number of carboxylic acid groups (broad SMARTS) is 3. The fourth-order valence-corrected chi connectivity index (χ4v) is 3.83. The number of alkyl halides is 1. The molecule has 36 heavy (non-hydrogen) atoms. The first-order chi connectivity index (χ1) is 17.1. The number of rotatable bonds is 15. The van der Waals surface area contributed by atoms with Gasteiger partial charge in [-0.25, -0.2) is 14.4 Å². The number of carboxylic acids is 3. The third-order valence-corrected chi connectivity index (χ3v) is 5.65. The molecule has 3 atom stereocenters. The summed E-state index contributed by atoms with van der Waals surface area (Å²) < 4.78 is 13.8. The molecule has 0 spiro atoms. The lowest BCUT2D eigenvalue weighted by Crippen LogP contribution is -2.51. The summed E-state index contributed by atoms with van der Waals surface area (Å²) in [5.74, 6) is -4.30. The summed E-state index contributed by atoms with van der Waals surface area (Å²) in [6.45, 7) is -0.0321. The molecule has 5 N–H and O–H groups in total. The lowest BCUT2D eigenvalue weighted by atomic mass is 10.1. The van der Waals surface area contributed by atoms with Gasteiger partial charge in [0.25, 0.3) is 0 Å². The molecule has 2 rings (SSSR count). The number of nitrogens with one attached hydrogen (secondary N) is 2.